The van der Waals surface area contributed by atoms with Crippen LogP contribution in [0.2, 0.25) is 0 Å². The quantitative estimate of drug-likeness (QED) is 0.890. The summed E-state index contributed by atoms with van der Waals surface area (Å²) in [6.45, 7) is 0. The SMILES string of the molecule is NC(=O)Cc1nnc(Sc2nccs2)s1. The van der Waals surface area contributed by atoms with E-state index in [0.29, 0.717) is 5.01 Å². The second kappa shape index (κ2) is 4.69. The second-order valence-corrected chi connectivity index (χ2v) is 5.96. The van der Waals surface area contributed by atoms with Gasteiger partial charge in [-0.05, 0) is 11.8 Å². The largest absolute Gasteiger partial charge is 0.369 e. The molecule has 1 amide bonds. The fraction of sp³-hybridized carbons (Fsp3) is 0.143. The van der Waals surface area contributed by atoms with Crippen LogP contribution in [0.4, 0.5) is 0 Å². The molecule has 0 fully saturated rings. The standard InChI is InChI=1S/C7H6N4OS3/c8-4(12)3-5-10-11-7(14-5)15-6-9-1-2-13-6/h1-2H,3H2,(H2,8,12). The minimum absolute atomic E-state index is 0.149. The van der Waals surface area contributed by atoms with Crippen LogP contribution in [0.3, 0.4) is 0 Å². The molecule has 0 aliphatic carbocycles. The molecule has 0 spiro atoms. The van der Waals surface area contributed by atoms with E-state index >= 15 is 0 Å². The van der Waals surface area contributed by atoms with Crippen molar-refractivity contribution >= 4 is 40.3 Å². The highest BCUT2D eigenvalue weighted by Crippen LogP contribution is 2.31. The van der Waals surface area contributed by atoms with Crippen LogP contribution in [0, 0.1) is 0 Å². The Morgan fingerprint density at radius 1 is 1.47 bits per heavy atom. The van der Waals surface area contributed by atoms with Crippen molar-refractivity contribution in [3.8, 4) is 0 Å². The highest BCUT2D eigenvalue weighted by Gasteiger charge is 2.09. The van der Waals surface area contributed by atoms with E-state index in [4.69, 9.17) is 5.73 Å². The number of aromatic nitrogens is 3. The molecule has 0 aromatic carbocycles. The fourth-order valence-electron chi connectivity index (χ4n) is 0.835. The maximum absolute atomic E-state index is 10.6. The average Bonchev–Trinajstić information content (AvgIpc) is 2.77. The van der Waals surface area contributed by atoms with Gasteiger partial charge in [-0.2, -0.15) is 0 Å². The molecule has 0 bridgehead atoms. The molecular weight excluding hydrogens is 252 g/mol. The number of carbonyl (C=O) groups is 1. The number of nitrogens with two attached hydrogens (primary N) is 1. The first kappa shape index (κ1) is 10.5. The van der Waals surface area contributed by atoms with Gasteiger partial charge in [-0.15, -0.1) is 21.5 Å². The third kappa shape index (κ3) is 2.98. The highest BCUT2D eigenvalue weighted by atomic mass is 32.2. The van der Waals surface area contributed by atoms with Gasteiger partial charge in [0.15, 0.2) is 8.68 Å². The molecule has 2 N–H and O–H groups in total. The summed E-state index contributed by atoms with van der Waals surface area (Å²) in [5, 5.41) is 10.3. The zero-order valence-electron chi connectivity index (χ0n) is 7.41. The predicted molar refractivity (Wildman–Crippen MR) is 59.0 cm³/mol. The summed E-state index contributed by atoms with van der Waals surface area (Å²) < 4.78 is 1.69. The molecule has 2 rings (SSSR count). The van der Waals surface area contributed by atoms with Crippen LogP contribution in [0.15, 0.2) is 20.3 Å². The van der Waals surface area contributed by atoms with Crippen molar-refractivity contribution in [2.45, 2.75) is 15.1 Å². The lowest BCUT2D eigenvalue weighted by molar-refractivity contribution is -0.117. The van der Waals surface area contributed by atoms with E-state index in [1.165, 1.54) is 23.1 Å². The molecule has 0 saturated heterocycles. The number of amides is 1. The number of rotatable bonds is 4. The van der Waals surface area contributed by atoms with Crippen molar-refractivity contribution in [3.05, 3.63) is 16.6 Å². The van der Waals surface area contributed by atoms with Crippen LogP contribution in [0.25, 0.3) is 0 Å². The van der Waals surface area contributed by atoms with Crippen LogP contribution < -0.4 is 5.73 Å². The summed E-state index contributed by atoms with van der Waals surface area (Å²) in [6.07, 6.45) is 1.88. The molecule has 0 aliphatic heterocycles. The van der Waals surface area contributed by atoms with Crippen LogP contribution in [-0.2, 0) is 11.2 Å². The van der Waals surface area contributed by atoms with Gasteiger partial charge < -0.3 is 5.73 Å². The number of nitrogens with zero attached hydrogens (tertiary/aromatic N) is 3. The lowest BCUT2D eigenvalue weighted by Crippen LogP contribution is -2.13. The molecule has 0 radical (unpaired) electrons. The Morgan fingerprint density at radius 2 is 2.33 bits per heavy atom. The fourth-order valence-corrected chi connectivity index (χ4v) is 3.57. The summed E-state index contributed by atoms with van der Waals surface area (Å²) in [5.74, 6) is -0.392. The Balaban J connectivity index is 2.04. The van der Waals surface area contributed by atoms with Crippen molar-refractivity contribution in [1.82, 2.24) is 15.2 Å². The van der Waals surface area contributed by atoms with Gasteiger partial charge in [0.05, 0.1) is 6.42 Å². The van der Waals surface area contributed by atoms with E-state index in [9.17, 15) is 4.79 Å². The molecule has 2 heterocycles. The molecule has 78 valence electrons. The zero-order chi connectivity index (χ0) is 10.7. The third-order valence-electron chi connectivity index (χ3n) is 1.36. The van der Waals surface area contributed by atoms with Gasteiger partial charge >= 0.3 is 0 Å². The maximum Gasteiger partial charge on any atom is 0.224 e. The first-order valence-corrected chi connectivity index (χ1v) is 6.43. The Morgan fingerprint density at radius 3 is 3.00 bits per heavy atom. The molecule has 15 heavy (non-hydrogen) atoms. The number of carbonyl (C=O) groups excluding carboxylic acids is 1. The first-order valence-electron chi connectivity index (χ1n) is 3.92. The topological polar surface area (TPSA) is 81.8 Å². The second-order valence-electron chi connectivity index (χ2n) is 2.50. The molecule has 5 nitrogen and oxygen atoms in total. The van der Waals surface area contributed by atoms with Crippen molar-refractivity contribution in [2.75, 3.05) is 0 Å². The number of hydrogen-bond acceptors (Lipinski definition) is 7. The van der Waals surface area contributed by atoms with E-state index < -0.39 is 5.91 Å². The van der Waals surface area contributed by atoms with Crippen LogP contribution in [0.1, 0.15) is 5.01 Å². The summed E-state index contributed by atoms with van der Waals surface area (Å²) >= 11 is 4.35. The highest BCUT2D eigenvalue weighted by molar-refractivity contribution is 8.02. The van der Waals surface area contributed by atoms with Gasteiger partial charge in [-0.25, -0.2) is 4.98 Å². The summed E-state index contributed by atoms with van der Waals surface area (Å²) in [7, 11) is 0. The molecule has 8 heteroatoms. The monoisotopic (exact) mass is 258 g/mol. The summed E-state index contributed by atoms with van der Waals surface area (Å²) in [5.41, 5.74) is 5.05. The van der Waals surface area contributed by atoms with E-state index in [2.05, 4.69) is 15.2 Å². The van der Waals surface area contributed by atoms with Crippen LogP contribution in [0.5, 0.6) is 0 Å². The average molecular weight is 258 g/mol. The normalized spacial score (nSPS) is 10.4. The lowest BCUT2D eigenvalue weighted by atomic mass is 10.4. The Kier molecular flexibility index (Phi) is 3.29. The smallest absolute Gasteiger partial charge is 0.224 e. The van der Waals surface area contributed by atoms with Gasteiger partial charge in [0.1, 0.15) is 5.01 Å². The van der Waals surface area contributed by atoms with Gasteiger partial charge in [-0.1, -0.05) is 11.3 Å². The van der Waals surface area contributed by atoms with Crippen molar-refractivity contribution in [3.63, 3.8) is 0 Å². The Hall–Kier alpha value is -0.990. The van der Waals surface area contributed by atoms with Crippen LogP contribution >= 0.6 is 34.4 Å². The van der Waals surface area contributed by atoms with E-state index in [-0.39, 0.29) is 6.42 Å². The molecular formula is C7H6N4OS3. The Bertz CT molecular complexity index is 453. The number of primary amides is 1. The van der Waals surface area contributed by atoms with Crippen molar-refractivity contribution < 1.29 is 4.79 Å². The lowest BCUT2D eigenvalue weighted by Gasteiger charge is -1.87. The van der Waals surface area contributed by atoms with Gasteiger partial charge in [0, 0.05) is 11.6 Å². The van der Waals surface area contributed by atoms with Crippen LogP contribution in [-0.4, -0.2) is 21.1 Å². The Labute approximate surface area is 97.8 Å². The van der Waals surface area contributed by atoms with Crippen molar-refractivity contribution in [1.29, 1.82) is 0 Å². The number of thiazole rings is 1. The molecule has 0 unspecified atom stereocenters. The first-order chi connectivity index (χ1) is 7.24. The van der Waals surface area contributed by atoms with Crippen molar-refractivity contribution in [2.24, 2.45) is 5.73 Å². The molecule has 2 aromatic heterocycles. The van der Waals surface area contributed by atoms with E-state index in [1.54, 1.807) is 17.5 Å². The third-order valence-corrected chi connectivity index (χ3v) is 4.22. The predicted octanol–water partition coefficient (Wildman–Crippen LogP) is 1.17. The minimum atomic E-state index is -0.392. The van der Waals surface area contributed by atoms with Gasteiger partial charge in [0.25, 0.3) is 0 Å². The molecule has 0 aliphatic rings. The maximum atomic E-state index is 10.6. The number of hydrogen-bond donors (Lipinski definition) is 1. The molecule has 0 saturated carbocycles. The van der Waals surface area contributed by atoms with Gasteiger partial charge in [-0.3, -0.25) is 4.79 Å². The van der Waals surface area contributed by atoms with Gasteiger partial charge in [0.2, 0.25) is 5.91 Å². The molecule has 0 atom stereocenters. The zero-order valence-corrected chi connectivity index (χ0v) is 9.86. The molecule has 2 aromatic rings. The summed E-state index contributed by atoms with van der Waals surface area (Å²) in [4.78, 5) is 14.7. The summed E-state index contributed by atoms with van der Waals surface area (Å²) in [6, 6.07) is 0. The minimum Gasteiger partial charge on any atom is -0.369 e. The van der Waals surface area contributed by atoms with E-state index in [0.717, 1.165) is 8.68 Å². The van der Waals surface area contributed by atoms with E-state index in [1.807, 2.05) is 5.38 Å².